The van der Waals surface area contributed by atoms with Crippen LogP contribution in [0.5, 0.6) is 0 Å². The van der Waals surface area contributed by atoms with Crippen LogP contribution in [-0.4, -0.2) is 35.8 Å². The van der Waals surface area contributed by atoms with Crippen molar-refractivity contribution < 1.29 is 9.53 Å². The highest BCUT2D eigenvalue weighted by molar-refractivity contribution is 7.80. The highest BCUT2D eigenvalue weighted by Gasteiger charge is 2.11. The predicted octanol–water partition coefficient (Wildman–Crippen LogP) is 2.55. The first-order valence-corrected chi connectivity index (χ1v) is 7.69. The molecule has 0 unspecified atom stereocenters. The van der Waals surface area contributed by atoms with Gasteiger partial charge in [-0.3, -0.25) is 5.43 Å². The van der Waals surface area contributed by atoms with Crippen molar-refractivity contribution in [1.82, 2.24) is 10.4 Å². The number of rotatable bonds is 4. The highest BCUT2D eigenvalue weighted by Crippen LogP contribution is 2.11. The minimum Gasteiger partial charge on any atom is -0.462 e. The Morgan fingerprint density at radius 1 is 1.24 bits per heavy atom. The lowest BCUT2D eigenvalue weighted by molar-refractivity contribution is 0.0526. The number of thiocarbonyl (C=S) groups is 1. The van der Waals surface area contributed by atoms with Crippen LogP contribution in [0.1, 0.15) is 36.5 Å². The number of nitrogens with zero attached hydrogens (tertiary/aromatic N) is 1. The summed E-state index contributed by atoms with van der Waals surface area (Å²) in [6.45, 7) is 4.20. The molecule has 1 aromatic rings. The van der Waals surface area contributed by atoms with Gasteiger partial charge in [-0.05, 0) is 56.2 Å². The van der Waals surface area contributed by atoms with E-state index in [1.54, 1.807) is 19.1 Å². The number of carbonyl (C=O) groups is 1. The molecule has 1 heterocycles. The van der Waals surface area contributed by atoms with Gasteiger partial charge in [0.15, 0.2) is 5.11 Å². The summed E-state index contributed by atoms with van der Waals surface area (Å²) in [6.07, 6.45) is 3.68. The minimum absolute atomic E-state index is 0.307. The largest absolute Gasteiger partial charge is 0.462 e. The van der Waals surface area contributed by atoms with Gasteiger partial charge in [0.05, 0.1) is 12.2 Å². The summed E-state index contributed by atoms with van der Waals surface area (Å²) in [4.78, 5) is 11.6. The van der Waals surface area contributed by atoms with Crippen LogP contribution in [0.25, 0.3) is 0 Å². The first kappa shape index (κ1) is 15.7. The monoisotopic (exact) mass is 307 g/mol. The van der Waals surface area contributed by atoms with E-state index in [9.17, 15) is 4.79 Å². The molecule has 2 rings (SSSR count). The summed E-state index contributed by atoms with van der Waals surface area (Å²) in [7, 11) is 0. The van der Waals surface area contributed by atoms with Crippen LogP contribution in [0.3, 0.4) is 0 Å². The number of hydrogen-bond donors (Lipinski definition) is 2. The van der Waals surface area contributed by atoms with E-state index in [2.05, 4.69) is 15.8 Å². The number of benzene rings is 1. The van der Waals surface area contributed by atoms with Crippen LogP contribution in [0, 0.1) is 0 Å². The van der Waals surface area contributed by atoms with Gasteiger partial charge in [0.2, 0.25) is 0 Å². The molecule has 1 aliphatic heterocycles. The van der Waals surface area contributed by atoms with Crippen molar-refractivity contribution in [2.75, 3.05) is 25.0 Å². The molecule has 1 aliphatic rings. The molecule has 2 N–H and O–H groups in total. The van der Waals surface area contributed by atoms with E-state index in [0.717, 1.165) is 18.8 Å². The van der Waals surface area contributed by atoms with Crippen molar-refractivity contribution in [3.8, 4) is 0 Å². The first-order chi connectivity index (χ1) is 10.2. The topological polar surface area (TPSA) is 53.6 Å². The normalized spacial score (nSPS) is 15.3. The fourth-order valence-corrected chi connectivity index (χ4v) is 2.46. The second-order valence-corrected chi connectivity index (χ2v) is 5.32. The number of anilines is 1. The van der Waals surface area contributed by atoms with E-state index in [1.807, 2.05) is 12.1 Å². The Morgan fingerprint density at radius 2 is 1.90 bits per heavy atom. The van der Waals surface area contributed by atoms with Crippen molar-refractivity contribution >= 4 is 29.0 Å². The molecule has 0 bridgehead atoms. The molecule has 21 heavy (non-hydrogen) atoms. The maximum atomic E-state index is 11.6. The Hall–Kier alpha value is -1.66. The Kier molecular flexibility index (Phi) is 5.95. The van der Waals surface area contributed by atoms with E-state index < -0.39 is 0 Å². The van der Waals surface area contributed by atoms with Gasteiger partial charge in [-0.15, -0.1) is 0 Å². The Labute approximate surface area is 130 Å². The second-order valence-electron chi connectivity index (χ2n) is 4.91. The fraction of sp³-hybridized carbons (Fsp3) is 0.467. The SMILES string of the molecule is CCOC(=O)c1ccc(NC(=S)NN2CCCCC2)cc1. The second kappa shape index (κ2) is 7.95. The maximum absolute atomic E-state index is 11.6. The van der Waals surface area contributed by atoms with Crippen molar-refractivity contribution in [3.63, 3.8) is 0 Å². The lowest BCUT2D eigenvalue weighted by atomic mass is 10.2. The highest BCUT2D eigenvalue weighted by atomic mass is 32.1. The zero-order chi connectivity index (χ0) is 15.1. The van der Waals surface area contributed by atoms with E-state index in [1.165, 1.54) is 19.3 Å². The van der Waals surface area contributed by atoms with Crippen molar-refractivity contribution in [2.45, 2.75) is 26.2 Å². The summed E-state index contributed by atoms with van der Waals surface area (Å²) in [5.41, 5.74) is 4.57. The third kappa shape index (κ3) is 4.99. The number of ether oxygens (including phenoxy) is 1. The average Bonchev–Trinajstić information content (AvgIpc) is 2.49. The number of esters is 1. The van der Waals surface area contributed by atoms with E-state index in [-0.39, 0.29) is 5.97 Å². The van der Waals surface area contributed by atoms with Crippen LogP contribution in [0.15, 0.2) is 24.3 Å². The standard InChI is InChI=1S/C15H21N3O2S/c1-2-20-14(19)12-6-8-13(9-7-12)16-15(21)17-18-10-4-3-5-11-18/h6-9H,2-5,10-11H2,1H3,(H2,16,17,21). The van der Waals surface area contributed by atoms with Gasteiger partial charge in [0, 0.05) is 18.8 Å². The van der Waals surface area contributed by atoms with Crippen LogP contribution in [-0.2, 0) is 4.74 Å². The van der Waals surface area contributed by atoms with Crippen LogP contribution in [0.4, 0.5) is 5.69 Å². The maximum Gasteiger partial charge on any atom is 0.338 e. The summed E-state index contributed by atoms with van der Waals surface area (Å²) >= 11 is 5.29. The number of carbonyl (C=O) groups excluding carboxylic acids is 1. The van der Waals surface area contributed by atoms with E-state index >= 15 is 0 Å². The average molecular weight is 307 g/mol. The zero-order valence-electron chi connectivity index (χ0n) is 12.2. The van der Waals surface area contributed by atoms with Crippen LogP contribution in [0.2, 0.25) is 0 Å². The quantitative estimate of drug-likeness (QED) is 0.658. The van der Waals surface area contributed by atoms with Gasteiger partial charge in [-0.1, -0.05) is 6.42 Å². The molecular formula is C15H21N3O2S. The third-order valence-electron chi connectivity index (χ3n) is 3.27. The number of hydrogen-bond acceptors (Lipinski definition) is 4. The van der Waals surface area contributed by atoms with E-state index in [0.29, 0.717) is 17.3 Å². The van der Waals surface area contributed by atoms with Crippen molar-refractivity contribution in [1.29, 1.82) is 0 Å². The number of hydrazine groups is 1. The first-order valence-electron chi connectivity index (χ1n) is 7.29. The Bertz CT molecular complexity index is 484. The van der Waals surface area contributed by atoms with Gasteiger partial charge in [0.25, 0.3) is 0 Å². The summed E-state index contributed by atoms with van der Waals surface area (Å²) in [5, 5.41) is 5.81. The van der Waals surface area contributed by atoms with Gasteiger partial charge < -0.3 is 10.1 Å². The van der Waals surface area contributed by atoms with Gasteiger partial charge >= 0.3 is 5.97 Å². The van der Waals surface area contributed by atoms with Gasteiger partial charge in [0.1, 0.15) is 0 Å². The molecule has 1 aromatic carbocycles. The molecule has 1 fully saturated rings. The number of piperidine rings is 1. The molecule has 0 spiro atoms. The molecule has 6 heteroatoms. The molecule has 1 saturated heterocycles. The molecule has 114 valence electrons. The van der Waals surface area contributed by atoms with Gasteiger partial charge in [-0.25, -0.2) is 9.80 Å². The van der Waals surface area contributed by atoms with Crippen molar-refractivity contribution in [3.05, 3.63) is 29.8 Å². The predicted molar refractivity (Wildman–Crippen MR) is 87.2 cm³/mol. The van der Waals surface area contributed by atoms with Gasteiger partial charge in [-0.2, -0.15) is 0 Å². The summed E-state index contributed by atoms with van der Waals surface area (Å²) in [6, 6.07) is 7.08. The Morgan fingerprint density at radius 3 is 2.52 bits per heavy atom. The molecule has 5 nitrogen and oxygen atoms in total. The molecule has 0 atom stereocenters. The molecule has 0 radical (unpaired) electrons. The molecule has 0 aromatic heterocycles. The van der Waals surface area contributed by atoms with Crippen LogP contribution >= 0.6 is 12.2 Å². The lowest BCUT2D eigenvalue weighted by Gasteiger charge is -2.28. The molecular weight excluding hydrogens is 286 g/mol. The minimum atomic E-state index is -0.307. The number of nitrogens with one attached hydrogen (secondary N) is 2. The molecule has 0 aliphatic carbocycles. The van der Waals surface area contributed by atoms with Crippen molar-refractivity contribution in [2.24, 2.45) is 0 Å². The molecule has 0 saturated carbocycles. The third-order valence-corrected chi connectivity index (χ3v) is 3.46. The fourth-order valence-electron chi connectivity index (χ4n) is 2.21. The zero-order valence-corrected chi connectivity index (χ0v) is 13.0. The van der Waals surface area contributed by atoms with E-state index in [4.69, 9.17) is 17.0 Å². The van der Waals surface area contributed by atoms with Crippen LogP contribution < -0.4 is 10.7 Å². The smallest absolute Gasteiger partial charge is 0.338 e. The molecule has 0 amide bonds. The lowest BCUT2D eigenvalue weighted by Crippen LogP contribution is -2.46. The summed E-state index contributed by atoms with van der Waals surface area (Å²) < 4.78 is 4.95. The summed E-state index contributed by atoms with van der Waals surface area (Å²) in [5.74, 6) is -0.307. The Balaban J connectivity index is 1.84.